The minimum absolute atomic E-state index is 0.0286. The normalized spacial score (nSPS) is 21.6. The molecular formula is C22H22O3. The molecule has 2 aliphatic rings. The van der Waals surface area contributed by atoms with E-state index in [-0.39, 0.29) is 11.9 Å². The highest BCUT2D eigenvalue weighted by atomic mass is 16.5. The molecule has 128 valence electrons. The summed E-state index contributed by atoms with van der Waals surface area (Å²) < 4.78 is 11.8. The van der Waals surface area contributed by atoms with Crippen LogP contribution in [0.4, 0.5) is 0 Å². The zero-order chi connectivity index (χ0) is 17.6. The number of carbonyl (C=O) groups excluding carboxylic acids is 1. The van der Waals surface area contributed by atoms with E-state index in [1.54, 1.807) is 0 Å². The van der Waals surface area contributed by atoms with Crippen LogP contribution in [0.2, 0.25) is 0 Å². The Morgan fingerprint density at radius 3 is 1.92 bits per heavy atom. The van der Waals surface area contributed by atoms with Gasteiger partial charge in [0, 0.05) is 17.0 Å². The van der Waals surface area contributed by atoms with Gasteiger partial charge in [-0.25, -0.2) is 4.79 Å². The number of fused-ring (bicyclic) bond motifs is 1. The molecule has 0 bridgehead atoms. The molecule has 0 spiro atoms. The van der Waals surface area contributed by atoms with Crippen molar-refractivity contribution in [2.45, 2.75) is 32.8 Å². The van der Waals surface area contributed by atoms with Crippen LogP contribution in [0.25, 0.3) is 0 Å². The minimum atomic E-state index is -0.666. The molecule has 2 aromatic carbocycles. The van der Waals surface area contributed by atoms with E-state index in [2.05, 4.69) is 62.4 Å². The van der Waals surface area contributed by atoms with Crippen LogP contribution < -0.4 is 0 Å². The van der Waals surface area contributed by atoms with Gasteiger partial charge in [0.25, 0.3) is 0 Å². The number of hydrogen-bond donors (Lipinski definition) is 0. The number of rotatable bonds is 2. The summed E-state index contributed by atoms with van der Waals surface area (Å²) in [6, 6.07) is 16.9. The molecular weight excluding hydrogens is 312 g/mol. The van der Waals surface area contributed by atoms with Crippen molar-refractivity contribution in [3.05, 3.63) is 82.1 Å². The van der Waals surface area contributed by atoms with Gasteiger partial charge < -0.3 is 9.47 Å². The largest absolute Gasteiger partial charge is 0.481 e. The maximum atomic E-state index is 12.4. The summed E-state index contributed by atoms with van der Waals surface area (Å²) in [5.74, 6) is 0.407. The summed E-state index contributed by atoms with van der Waals surface area (Å²) in [5, 5.41) is 0. The van der Waals surface area contributed by atoms with Crippen molar-refractivity contribution in [2.24, 2.45) is 5.92 Å². The fraction of sp³-hybridized carbons (Fsp3) is 0.318. The van der Waals surface area contributed by atoms with E-state index in [4.69, 9.17) is 9.47 Å². The molecule has 4 rings (SSSR count). The van der Waals surface area contributed by atoms with Crippen molar-refractivity contribution in [3.8, 4) is 0 Å². The molecule has 2 heterocycles. The van der Waals surface area contributed by atoms with Gasteiger partial charge in [0.15, 0.2) is 5.60 Å². The molecule has 2 aromatic rings. The molecule has 0 aromatic heterocycles. The first kappa shape index (κ1) is 15.9. The molecule has 3 nitrogen and oxygen atoms in total. The van der Waals surface area contributed by atoms with Crippen LogP contribution in [0, 0.1) is 19.8 Å². The van der Waals surface area contributed by atoms with Crippen molar-refractivity contribution in [1.29, 1.82) is 0 Å². The SMILES string of the molecule is CC1=C2C(=O)OCCC2C(c2ccc(C)cc2)(c2ccc(C)cc2)O1. The first-order chi connectivity index (χ1) is 12.0. The summed E-state index contributed by atoms with van der Waals surface area (Å²) in [5.41, 5.74) is 4.59. The average molecular weight is 334 g/mol. The number of hydrogen-bond acceptors (Lipinski definition) is 3. The Labute approximate surface area is 148 Å². The summed E-state index contributed by atoms with van der Waals surface area (Å²) in [6.07, 6.45) is 0.764. The van der Waals surface area contributed by atoms with Crippen LogP contribution >= 0.6 is 0 Å². The van der Waals surface area contributed by atoms with Gasteiger partial charge in [-0.2, -0.15) is 0 Å². The molecule has 2 aliphatic heterocycles. The van der Waals surface area contributed by atoms with Crippen molar-refractivity contribution >= 4 is 5.97 Å². The van der Waals surface area contributed by atoms with Gasteiger partial charge in [-0.1, -0.05) is 59.7 Å². The number of ether oxygens (including phenoxy) is 2. The Hall–Kier alpha value is -2.55. The number of benzene rings is 2. The highest BCUT2D eigenvalue weighted by molar-refractivity contribution is 5.91. The second-order valence-corrected chi connectivity index (χ2v) is 7.02. The van der Waals surface area contributed by atoms with Crippen LogP contribution in [-0.2, 0) is 19.9 Å². The van der Waals surface area contributed by atoms with Crippen molar-refractivity contribution in [1.82, 2.24) is 0 Å². The maximum Gasteiger partial charge on any atom is 0.337 e. The molecule has 3 heteroatoms. The van der Waals surface area contributed by atoms with E-state index >= 15 is 0 Å². The summed E-state index contributed by atoms with van der Waals surface area (Å²) >= 11 is 0. The Bertz CT molecular complexity index is 798. The highest BCUT2D eigenvalue weighted by Crippen LogP contribution is 2.53. The molecule has 0 saturated carbocycles. The van der Waals surface area contributed by atoms with Gasteiger partial charge in [0.2, 0.25) is 0 Å². The van der Waals surface area contributed by atoms with Gasteiger partial charge in [-0.05, 0) is 27.2 Å². The highest BCUT2D eigenvalue weighted by Gasteiger charge is 2.54. The molecule has 0 N–H and O–H groups in total. The Kier molecular flexibility index (Phi) is 3.68. The quantitative estimate of drug-likeness (QED) is 0.763. The molecule has 25 heavy (non-hydrogen) atoms. The summed E-state index contributed by atoms with van der Waals surface area (Å²) in [4.78, 5) is 12.4. The first-order valence-electron chi connectivity index (χ1n) is 8.73. The Morgan fingerprint density at radius 1 is 0.880 bits per heavy atom. The third-order valence-electron chi connectivity index (χ3n) is 5.35. The predicted molar refractivity (Wildman–Crippen MR) is 96.0 cm³/mol. The Balaban J connectivity index is 1.93. The van der Waals surface area contributed by atoms with Gasteiger partial charge in [-0.15, -0.1) is 0 Å². The van der Waals surface area contributed by atoms with Crippen molar-refractivity contribution in [2.75, 3.05) is 6.61 Å². The number of carbonyl (C=O) groups is 1. The molecule has 1 atom stereocenters. The van der Waals surface area contributed by atoms with Crippen LogP contribution in [0.3, 0.4) is 0 Å². The van der Waals surface area contributed by atoms with Gasteiger partial charge in [-0.3, -0.25) is 0 Å². The van der Waals surface area contributed by atoms with Crippen LogP contribution in [-0.4, -0.2) is 12.6 Å². The lowest BCUT2D eigenvalue weighted by atomic mass is 9.72. The monoisotopic (exact) mass is 334 g/mol. The van der Waals surface area contributed by atoms with Crippen molar-refractivity contribution in [3.63, 3.8) is 0 Å². The second kappa shape index (κ2) is 5.76. The molecule has 1 fully saturated rings. The van der Waals surface area contributed by atoms with E-state index in [9.17, 15) is 4.79 Å². The molecule has 0 amide bonds. The van der Waals surface area contributed by atoms with Gasteiger partial charge in [0.05, 0.1) is 12.2 Å². The van der Waals surface area contributed by atoms with Gasteiger partial charge >= 0.3 is 5.97 Å². The maximum absolute atomic E-state index is 12.4. The number of cyclic esters (lactones) is 1. The molecule has 0 radical (unpaired) electrons. The summed E-state index contributed by atoms with van der Waals surface area (Å²) in [7, 11) is 0. The van der Waals surface area contributed by atoms with E-state index < -0.39 is 5.60 Å². The second-order valence-electron chi connectivity index (χ2n) is 7.02. The zero-order valence-electron chi connectivity index (χ0n) is 14.8. The fourth-order valence-corrected chi connectivity index (χ4v) is 4.09. The van der Waals surface area contributed by atoms with E-state index in [1.165, 1.54) is 11.1 Å². The lowest BCUT2D eigenvalue weighted by Gasteiger charge is -2.38. The topological polar surface area (TPSA) is 35.5 Å². The Morgan fingerprint density at radius 2 is 1.40 bits per heavy atom. The van der Waals surface area contributed by atoms with Crippen LogP contribution in [0.5, 0.6) is 0 Å². The van der Waals surface area contributed by atoms with E-state index in [0.717, 1.165) is 17.5 Å². The minimum Gasteiger partial charge on any atom is -0.481 e. The van der Waals surface area contributed by atoms with E-state index in [1.807, 2.05) is 6.92 Å². The van der Waals surface area contributed by atoms with Gasteiger partial charge in [0.1, 0.15) is 5.76 Å². The third-order valence-corrected chi connectivity index (χ3v) is 5.35. The number of allylic oxidation sites excluding steroid dienone is 1. The van der Waals surface area contributed by atoms with Crippen LogP contribution in [0.1, 0.15) is 35.6 Å². The van der Waals surface area contributed by atoms with Crippen molar-refractivity contribution < 1.29 is 14.3 Å². The lowest BCUT2D eigenvalue weighted by Crippen LogP contribution is -2.39. The zero-order valence-corrected chi connectivity index (χ0v) is 14.8. The van der Waals surface area contributed by atoms with E-state index in [0.29, 0.717) is 17.9 Å². The van der Waals surface area contributed by atoms with Crippen LogP contribution in [0.15, 0.2) is 59.9 Å². The average Bonchev–Trinajstić information content (AvgIpc) is 2.91. The number of esters is 1. The smallest absolute Gasteiger partial charge is 0.337 e. The molecule has 1 unspecified atom stereocenters. The summed E-state index contributed by atoms with van der Waals surface area (Å²) in [6.45, 7) is 6.46. The standard InChI is InChI=1S/C22H22O3/c1-14-4-8-17(9-5-14)22(18-10-6-15(2)7-11-18)19-12-13-24-21(23)20(19)16(3)25-22/h4-11,19H,12-13H2,1-3H3. The first-order valence-corrected chi connectivity index (χ1v) is 8.73. The third kappa shape index (κ3) is 2.38. The predicted octanol–water partition coefficient (Wildman–Crippen LogP) is 4.41. The number of aryl methyl sites for hydroxylation is 2. The fourth-order valence-electron chi connectivity index (χ4n) is 4.09. The molecule has 1 saturated heterocycles. The molecule has 0 aliphatic carbocycles. The lowest BCUT2D eigenvalue weighted by molar-refractivity contribution is -0.143.